The summed E-state index contributed by atoms with van der Waals surface area (Å²) in [5.41, 5.74) is 0.774. The fraction of sp³-hybridized carbons (Fsp3) is 0.308. The van der Waals surface area contributed by atoms with Crippen molar-refractivity contribution in [2.24, 2.45) is 0 Å². The van der Waals surface area contributed by atoms with Crippen LogP contribution in [-0.2, 0) is 0 Å². The van der Waals surface area contributed by atoms with Crippen LogP contribution in [0.2, 0.25) is 0 Å². The molecule has 16 heavy (non-hydrogen) atoms. The molecule has 0 radical (unpaired) electrons. The molecule has 84 valence electrons. The Kier molecular flexibility index (Phi) is 4.94. The number of rotatable bonds is 4. The van der Waals surface area contributed by atoms with Gasteiger partial charge in [-0.1, -0.05) is 25.1 Å². The van der Waals surface area contributed by atoms with E-state index in [4.69, 9.17) is 6.42 Å². The molecule has 0 saturated heterocycles. The maximum atomic E-state index is 11.6. The average molecular weight is 216 g/mol. The van der Waals surface area contributed by atoms with Crippen molar-refractivity contribution in [3.63, 3.8) is 0 Å². The number of hydrogen-bond acceptors (Lipinski definition) is 1. The minimum atomic E-state index is -0.215. The number of benzene rings is 1. The molecule has 0 fully saturated rings. The molecule has 1 aromatic rings. The second-order valence-electron chi connectivity index (χ2n) is 3.48. The normalized spacial score (nSPS) is 11.2. The molecule has 0 bridgehead atoms. The molecule has 0 heterocycles. The molecule has 0 saturated carbocycles. The van der Waals surface area contributed by atoms with Gasteiger partial charge >= 0.3 is 6.03 Å². The van der Waals surface area contributed by atoms with E-state index in [1.165, 1.54) is 0 Å². The molecule has 2 amide bonds. The number of anilines is 1. The van der Waals surface area contributed by atoms with E-state index >= 15 is 0 Å². The van der Waals surface area contributed by atoms with Gasteiger partial charge in [-0.25, -0.2) is 4.79 Å². The van der Waals surface area contributed by atoms with E-state index in [9.17, 15) is 4.79 Å². The van der Waals surface area contributed by atoms with E-state index in [0.717, 1.165) is 12.1 Å². The summed E-state index contributed by atoms with van der Waals surface area (Å²) in [6.45, 7) is 1.99. The first-order valence-electron chi connectivity index (χ1n) is 5.32. The molecule has 1 rings (SSSR count). The standard InChI is InChI=1S/C13H16N2O/c1-3-8-11(4-2)14-13(16)15-12-9-6-5-7-10-12/h1,5-7,9-11H,4,8H2,2H3,(H2,14,15,16). The fourth-order valence-corrected chi connectivity index (χ4v) is 1.31. The molecule has 0 aliphatic rings. The summed E-state index contributed by atoms with van der Waals surface area (Å²) in [7, 11) is 0. The first-order valence-corrected chi connectivity index (χ1v) is 5.32. The first-order chi connectivity index (χ1) is 7.76. The first kappa shape index (κ1) is 12.1. The summed E-state index contributed by atoms with van der Waals surface area (Å²) in [5, 5.41) is 5.57. The van der Waals surface area contributed by atoms with Crippen LogP contribution in [0, 0.1) is 12.3 Å². The molecular weight excluding hydrogens is 200 g/mol. The van der Waals surface area contributed by atoms with Crippen molar-refractivity contribution in [1.82, 2.24) is 5.32 Å². The van der Waals surface area contributed by atoms with E-state index in [0.29, 0.717) is 6.42 Å². The largest absolute Gasteiger partial charge is 0.334 e. The predicted octanol–water partition coefficient (Wildman–Crippen LogP) is 2.61. The second-order valence-corrected chi connectivity index (χ2v) is 3.48. The molecule has 3 nitrogen and oxygen atoms in total. The number of hydrogen-bond donors (Lipinski definition) is 2. The van der Waals surface area contributed by atoms with Crippen LogP contribution >= 0.6 is 0 Å². The van der Waals surface area contributed by atoms with Gasteiger partial charge in [-0.05, 0) is 18.6 Å². The summed E-state index contributed by atoms with van der Waals surface area (Å²) in [4.78, 5) is 11.6. The van der Waals surface area contributed by atoms with Crippen molar-refractivity contribution in [2.75, 3.05) is 5.32 Å². The Bertz CT molecular complexity index is 367. The number of nitrogens with one attached hydrogen (secondary N) is 2. The van der Waals surface area contributed by atoms with Crippen LogP contribution in [0.1, 0.15) is 19.8 Å². The third kappa shape index (κ3) is 4.05. The van der Waals surface area contributed by atoms with Gasteiger partial charge in [0.15, 0.2) is 0 Å². The minimum Gasteiger partial charge on any atom is -0.334 e. The molecule has 3 heteroatoms. The third-order valence-corrected chi connectivity index (χ3v) is 2.22. The Labute approximate surface area is 96.2 Å². The van der Waals surface area contributed by atoms with Gasteiger partial charge < -0.3 is 10.6 Å². The lowest BCUT2D eigenvalue weighted by Crippen LogP contribution is -2.37. The monoisotopic (exact) mass is 216 g/mol. The number of terminal acetylenes is 1. The number of carbonyl (C=O) groups is 1. The Morgan fingerprint density at radius 3 is 2.69 bits per heavy atom. The van der Waals surface area contributed by atoms with Gasteiger partial charge in [-0.15, -0.1) is 12.3 Å². The molecule has 2 N–H and O–H groups in total. The van der Waals surface area contributed by atoms with Crippen molar-refractivity contribution in [2.45, 2.75) is 25.8 Å². The van der Waals surface area contributed by atoms with E-state index < -0.39 is 0 Å². The van der Waals surface area contributed by atoms with Gasteiger partial charge in [0.2, 0.25) is 0 Å². The fourth-order valence-electron chi connectivity index (χ4n) is 1.31. The second kappa shape index (κ2) is 6.52. The van der Waals surface area contributed by atoms with Gasteiger partial charge in [0.25, 0.3) is 0 Å². The Balaban J connectivity index is 2.44. The van der Waals surface area contributed by atoms with Gasteiger partial charge in [-0.3, -0.25) is 0 Å². The smallest absolute Gasteiger partial charge is 0.319 e. The topological polar surface area (TPSA) is 41.1 Å². The van der Waals surface area contributed by atoms with E-state index in [2.05, 4.69) is 16.6 Å². The maximum Gasteiger partial charge on any atom is 0.319 e. The van der Waals surface area contributed by atoms with Crippen LogP contribution in [0.3, 0.4) is 0 Å². The van der Waals surface area contributed by atoms with Crippen LogP contribution in [0.15, 0.2) is 30.3 Å². The molecule has 1 unspecified atom stereocenters. The van der Waals surface area contributed by atoms with Crippen molar-refractivity contribution >= 4 is 11.7 Å². The van der Waals surface area contributed by atoms with Crippen molar-refractivity contribution in [3.05, 3.63) is 30.3 Å². The molecule has 0 aromatic heterocycles. The zero-order valence-electron chi connectivity index (χ0n) is 9.36. The summed E-state index contributed by atoms with van der Waals surface area (Å²) in [5.74, 6) is 2.55. The summed E-state index contributed by atoms with van der Waals surface area (Å²) in [6, 6.07) is 9.13. The summed E-state index contributed by atoms with van der Waals surface area (Å²) in [6.07, 6.45) is 6.59. The van der Waals surface area contributed by atoms with E-state index in [1.807, 2.05) is 37.3 Å². The van der Waals surface area contributed by atoms with Crippen molar-refractivity contribution in [1.29, 1.82) is 0 Å². The molecule has 0 aliphatic heterocycles. The number of para-hydroxylation sites is 1. The Morgan fingerprint density at radius 1 is 1.44 bits per heavy atom. The van der Waals surface area contributed by atoms with E-state index in [1.54, 1.807) is 0 Å². The molecule has 1 atom stereocenters. The molecule has 0 aliphatic carbocycles. The SMILES string of the molecule is C#CCC(CC)NC(=O)Nc1ccccc1. The maximum absolute atomic E-state index is 11.6. The molecule has 1 aromatic carbocycles. The molecular formula is C13H16N2O. The predicted molar refractivity (Wildman–Crippen MR) is 66.1 cm³/mol. The Morgan fingerprint density at radius 2 is 2.12 bits per heavy atom. The highest BCUT2D eigenvalue weighted by molar-refractivity contribution is 5.89. The quantitative estimate of drug-likeness (QED) is 0.746. The number of amides is 2. The lowest BCUT2D eigenvalue weighted by molar-refractivity contribution is 0.248. The van der Waals surface area contributed by atoms with Gasteiger partial charge in [0, 0.05) is 18.2 Å². The van der Waals surface area contributed by atoms with Crippen LogP contribution in [0.4, 0.5) is 10.5 Å². The lowest BCUT2D eigenvalue weighted by Gasteiger charge is -2.14. The van der Waals surface area contributed by atoms with Crippen molar-refractivity contribution < 1.29 is 4.79 Å². The highest BCUT2D eigenvalue weighted by atomic mass is 16.2. The Hall–Kier alpha value is -1.95. The van der Waals surface area contributed by atoms with Gasteiger partial charge in [-0.2, -0.15) is 0 Å². The van der Waals surface area contributed by atoms with Crippen molar-refractivity contribution in [3.8, 4) is 12.3 Å². The van der Waals surface area contributed by atoms with Gasteiger partial charge in [0.1, 0.15) is 0 Å². The van der Waals surface area contributed by atoms with Crippen LogP contribution in [0.25, 0.3) is 0 Å². The average Bonchev–Trinajstić information content (AvgIpc) is 2.29. The highest BCUT2D eigenvalue weighted by Gasteiger charge is 2.08. The number of carbonyl (C=O) groups excluding carboxylic acids is 1. The molecule has 0 spiro atoms. The third-order valence-electron chi connectivity index (χ3n) is 2.22. The summed E-state index contributed by atoms with van der Waals surface area (Å²) < 4.78 is 0. The minimum absolute atomic E-state index is 0.0358. The zero-order valence-corrected chi connectivity index (χ0v) is 9.36. The van der Waals surface area contributed by atoms with Crippen LogP contribution in [0.5, 0.6) is 0 Å². The van der Waals surface area contributed by atoms with E-state index in [-0.39, 0.29) is 12.1 Å². The lowest BCUT2D eigenvalue weighted by atomic mass is 10.2. The number of urea groups is 1. The highest BCUT2D eigenvalue weighted by Crippen LogP contribution is 2.05. The summed E-state index contributed by atoms with van der Waals surface area (Å²) >= 11 is 0. The van der Waals surface area contributed by atoms with Gasteiger partial charge in [0.05, 0.1) is 0 Å². The zero-order chi connectivity index (χ0) is 11.8. The van der Waals surface area contributed by atoms with Crippen LogP contribution < -0.4 is 10.6 Å². The van der Waals surface area contributed by atoms with Crippen LogP contribution in [-0.4, -0.2) is 12.1 Å².